The van der Waals surface area contributed by atoms with Crippen molar-refractivity contribution >= 4 is 22.4 Å². The standard InChI is InChI=1S/C22H34N4O4S/c1-4-7-10-17-13-18(29-15-17)21(27)30-20-14-25(12-9-6-3)16-26(20,28)22-24-23-19(31-22)11-8-5-2/h13,15,20H,4-12,14,16H2,1-3H3. The van der Waals surface area contributed by atoms with Crippen molar-refractivity contribution in [3.63, 3.8) is 0 Å². The van der Waals surface area contributed by atoms with Gasteiger partial charge in [0.15, 0.2) is 0 Å². The molecule has 0 bridgehead atoms. The van der Waals surface area contributed by atoms with Crippen LogP contribution in [-0.2, 0) is 17.6 Å². The Kier molecular flexibility index (Phi) is 8.59. The Morgan fingerprint density at radius 2 is 1.97 bits per heavy atom. The highest BCUT2D eigenvalue weighted by Crippen LogP contribution is 2.35. The Morgan fingerprint density at radius 3 is 2.71 bits per heavy atom. The lowest BCUT2D eigenvalue weighted by molar-refractivity contribution is 0.00238. The molecule has 1 aliphatic heterocycles. The predicted octanol–water partition coefficient (Wildman–Crippen LogP) is 4.88. The molecular weight excluding hydrogens is 416 g/mol. The lowest BCUT2D eigenvalue weighted by Crippen LogP contribution is -2.50. The van der Waals surface area contributed by atoms with Gasteiger partial charge in [-0.2, -0.15) is 0 Å². The van der Waals surface area contributed by atoms with Crippen LogP contribution in [0.4, 0.5) is 5.13 Å². The van der Waals surface area contributed by atoms with Gasteiger partial charge in [-0.3, -0.25) is 4.65 Å². The fraction of sp³-hybridized carbons (Fsp3) is 0.682. The fourth-order valence-corrected chi connectivity index (χ4v) is 4.60. The van der Waals surface area contributed by atoms with E-state index in [4.69, 9.17) is 9.15 Å². The summed E-state index contributed by atoms with van der Waals surface area (Å²) >= 11 is 1.33. The molecular formula is C22H34N4O4S. The van der Waals surface area contributed by atoms with Crippen molar-refractivity contribution in [3.05, 3.63) is 33.9 Å². The van der Waals surface area contributed by atoms with Crippen LogP contribution in [0.25, 0.3) is 0 Å². The van der Waals surface area contributed by atoms with Crippen molar-refractivity contribution in [1.82, 2.24) is 19.7 Å². The second-order valence-corrected chi connectivity index (χ2v) is 9.27. The summed E-state index contributed by atoms with van der Waals surface area (Å²) in [4.78, 5) is 14.8. The summed E-state index contributed by atoms with van der Waals surface area (Å²) in [5.41, 5.74) is 0.970. The molecule has 0 amide bonds. The van der Waals surface area contributed by atoms with Crippen molar-refractivity contribution in [1.29, 1.82) is 0 Å². The summed E-state index contributed by atoms with van der Waals surface area (Å²) in [6.45, 7) is 7.73. The number of unbranched alkanes of at least 4 members (excludes halogenated alkanes) is 3. The van der Waals surface area contributed by atoms with Crippen LogP contribution in [-0.4, -0.2) is 47.1 Å². The third-order valence-corrected chi connectivity index (χ3v) is 6.65. The molecule has 8 nitrogen and oxygen atoms in total. The van der Waals surface area contributed by atoms with E-state index in [0.29, 0.717) is 11.7 Å². The average Bonchev–Trinajstić information content (AvgIpc) is 3.49. The van der Waals surface area contributed by atoms with E-state index in [-0.39, 0.29) is 12.4 Å². The topological polar surface area (TPSA) is 91.5 Å². The maximum atomic E-state index is 13.9. The number of aromatic nitrogens is 2. The Morgan fingerprint density at radius 1 is 1.23 bits per heavy atom. The van der Waals surface area contributed by atoms with Gasteiger partial charge >= 0.3 is 11.1 Å². The molecule has 0 radical (unpaired) electrons. The van der Waals surface area contributed by atoms with E-state index in [1.807, 2.05) is 0 Å². The molecule has 0 spiro atoms. The second-order valence-electron chi connectivity index (χ2n) is 8.23. The molecule has 0 saturated carbocycles. The number of rotatable bonds is 12. The summed E-state index contributed by atoms with van der Waals surface area (Å²) in [5, 5.41) is 23.5. The van der Waals surface area contributed by atoms with Gasteiger partial charge in [0.2, 0.25) is 5.76 Å². The molecule has 1 aliphatic rings. The molecule has 31 heavy (non-hydrogen) atoms. The molecule has 2 aromatic heterocycles. The van der Waals surface area contributed by atoms with Gasteiger partial charge in [-0.1, -0.05) is 45.1 Å². The van der Waals surface area contributed by atoms with Gasteiger partial charge in [-0.25, -0.2) is 9.69 Å². The van der Waals surface area contributed by atoms with Crippen molar-refractivity contribution in [2.45, 2.75) is 78.4 Å². The minimum Gasteiger partial charge on any atom is -0.622 e. The Bertz CT molecular complexity index is 839. The number of hydrogen-bond acceptors (Lipinski definition) is 8. The third-order valence-electron chi connectivity index (χ3n) is 5.56. The van der Waals surface area contributed by atoms with E-state index in [9.17, 15) is 10.0 Å². The number of ether oxygens (including phenoxy) is 1. The quantitative estimate of drug-likeness (QED) is 0.258. The Labute approximate surface area is 188 Å². The first-order chi connectivity index (χ1) is 15.0. The maximum absolute atomic E-state index is 13.9. The molecule has 3 rings (SSSR count). The van der Waals surface area contributed by atoms with Gasteiger partial charge in [-0.05, 0) is 48.6 Å². The van der Waals surface area contributed by atoms with Crippen LogP contribution < -0.4 is 4.65 Å². The molecule has 1 saturated heterocycles. The van der Waals surface area contributed by atoms with Gasteiger partial charge in [0.05, 0.1) is 12.8 Å². The Balaban J connectivity index is 1.75. The number of hydrogen-bond donors (Lipinski definition) is 0. The van der Waals surface area contributed by atoms with E-state index in [2.05, 4.69) is 35.9 Å². The molecule has 2 unspecified atom stereocenters. The highest BCUT2D eigenvalue weighted by Gasteiger charge is 2.46. The van der Waals surface area contributed by atoms with Crippen molar-refractivity contribution in [2.24, 2.45) is 0 Å². The highest BCUT2D eigenvalue weighted by molar-refractivity contribution is 7.15. The number of furan rings is 1. The zero-order chi connectivity index (χ0) is 22.3. The number of quaternary nitrogens is 1. The molecule has 0 N–H and O–H groups in total. The van der Waals surface area contributed by atoms with E-state index >= 15 is 0 Å². The number of nitrogens with zero attached hydrogens (tertiary/aromatic N) is 4. The summed E-state index contributed by atoms with van der Waals surface area (Å²) in [5.74, 6) is -0.454. The van der Waals surface area contributed by atoms with E-state index in [0.717, 1.165) is 68.5 Å². The van der Waals surface area contributed by atoms with Crippen molar-refractivity contribution < 1.29 is 13.9 Å². The molecule has 9 heteroatoms. The minimum atomic E-state index is -0.888. The maximum Gasteiger partial charge on any atom is 0.378 e. The summed E-state index contributed by atoms with van der Waals surface area (Å²) in [7, 11) is 0. The molecule has 0 aromatic carbocycles. The van der Waals surface area contributed by atoms with Gasteiger partial charge in [0.1, 0.15) is 11.7 Å². The van der Waals surface area contributed by atoms with Gasteiger partial charge in [0, 0.05) is 13.0 Å². The van der Waals surface area contributed by atoms with Crippen LogP contribution in [0.2, 0.25) is 0 Å². The van der Waals surface area contributed by atoms with Crippen molar-refractivity contribution in [3.8, 4) is 0 Å². The first-order valence-electron chi connectivity index (χ1n) is 11.4. The summed E-state index contributed by atoms with van der Waals surface area (Å²) < 4.78 is 10.3. The van der Waals surface area contributed by atoms with Crippen LogP contribution in [0.15, 0.2) is 16.7 Å². The van der Waals surface area contributed by atoms with Gasteiger partial charge < -0.3 is 14.4 Å². The number of hydroxylamine groups is 2. The second kappa shape index (κ2) is 11.2. The van der Waals surface area contributed by atoms with Crippen LogP contribution in [0.3, 0.4) is 0 Å². The normalized spacial score (nSPS) is 21.6. The number of carbonyl (C=O) groups is 1. The zero-order valence-corrected chi connectivity index (χ0v) is 19.7. The minimum absolute atomic E-state index is 0.144. The molecule has 2 aromatic rings. The van der Waals surface area contributed by atoms with E-state index < -0.39 is 16.8 Å². The van der Waals surface area contributed by atoms with Crippen LogP contribution >= 0.6 is 11.3 Å². The number of aryl methyl sites for hydroxylation is 2. The van der Waals surface area contributed by atoms with E-state index in [1.165, 1.54) is 11.3 Å². The zero-order valence-electron chi connectivity index (χ0n) is 18.8. The van der Waals surface area contributed by atoms with Gasteiger partial charge in [0.25, 0.3) is 6.23 Å². The SMILES string of the molecule is CCCCc1coc(C(=O)OC2CN(CCCC)C[N+]2([O-])c2nnc(CCCC)s2)c1. The average molecular weight is 451 g/mol. The third kappa shape index (κ3) is 5.91. The molecule has 3 heterocycles. The predicted molar refractivity (Wildman–Crippen MR) is 122 cm³/mol. The fourth-order valence-electron chi connectivity index (χ4n) is 3.65. The largest absolute Gasteiger partial charge is 0.622 e. The van der Waals surface area contributed by atoms with Gasteiger partial charge in [-0.15, -0.1) is 5.10 Å². The first-order valence-corrected chi connectivity index (χ1v) is 12.2. The highest BCUT2D eigenvalue weighted by atomic mass is 32.1. The van der Waals surface area contributed by atoms with Crippen LogP contribution in [0.5, 0.6) is 0 Å². The first kappa shape index (κ1) is 23.8. The molecule has 172 valence electrons. The molecule has 2 atom stereocenters. The Hall–Kier alpha value is -1.81. The summed E-state index contributed by atoms with van der Waals surface area (Å²) in [6.07, 6.45) is 8.55. The molecule has 1 fully saturated rings. The smallest absolute Gasteiger partial charge is 0.378 e. The lowest BCUT2D eigenvalue weighted by atomic mass is 10.1. The number of carbonyl (C=O) groups excluding carboxylic acids is 1. The van der Waals surface area contributed by atoms with Crippen LogP contribution in [0.1, 0.15) is 80.4 Å². The number of esters is 1. The summed E-state index contributed by atoms with van der Waals surface area (Å²) in [6, 6.07) is 1.72. The van der Waals surface area contributed by atoms with Crippen molar-refractivity contribution in [2.75, 3.05) is 19.8 Å². The van der Waals surface area contributed by atoms with Crippen LogP contribution in [0, 0.1) is 5.21 Å². The lowest BCUT2D eigenvalue weighted by Gasteiger charge is -2.38. The van der Waals surface area contributed by atoms with E-state index in [1.54, 1.807) is 12.3 Å². The monoisotopic (exact) mass is 450 g/mol. The molecule has 0 aliphatic carbocycles.